The maximum absolute atomic E-state index is 11.5. The average Bonchev–Trinajstić information content (AvgIpc) is 2.55. The lowest BCUT2D eigenvalue weighted by molar-refractivity contribution is -0.122. The van der Waals surface area contributed by atoms with E-state index >= 15 is 0 Å². The van der Waals surface area contributed by atoms with E-state index in [1.165, 1.54) is 0 Å². The third-order valence-electron chi connectivity index (χ3n) is 1.85. The molecule has 1 saturated heterocycles. The molecule has 1 fully saturated rings. The minimum absolute atomic E-state index is 0.0368. The molecule has 0 spiro atoms. The van der Waals surface area contributed by atoms with Crippen molar-refractivity contribution in [3.63, 3.8) is 0 Å². The Morgan fingerprint density at radius 3 is 3.23 bits per heavy atom. The van der Waals surface area contributed by atoms with Gasteiger partial charge in [0.2, 0.25) is 5.91 Å². The first-order valence-corrected chi connectivity index (χ1v) is 5.44. The van der Waals surface area contributed by atoms with Crippen molar-refractivity contribution in [2.45, 2.75) is 25.4 Å². The summed E-state index contributed by atoms with van der Waals surface area (Å²) in [7, 11) is 0. The molecule has 3 nitrogen and oxygen atoms in total. The average molecular weight is 198 g/mol. The highest BCUT2D eigenvalue weighted by atomic mass is 32.2. The molecule has 0 bridgehead atoms. The van der Waals surface area contributed by atoms with Gasteiger partial charge in [0.25, 0.3) is 0 Å². The summed E-state index contributed by atoms with van der Waals surface area (Å²) in [6.07, 6.45) is 5.73. The summed E-state index contributed by atoms with van der Waals surface area (Å²) in [4.78, 5) is 11.5. The van der Waals surface area contributed by atoms with Gasteiger partial charge in [-0.25, -0.2) is 0 Å². The van der Waals surface area contributed by atoms with Crippen molar-refractivity contribution in [3.8, 4) is 12.3 Å². The van der Waals surface area contributed by atoms with Crippen LogP contribution in [0.3, 0.4) is 0 Å². The largest absolute Gasteiger partial charge is 0.351 e. The number of hydrogen-bond acceptors (Lipinski definition) is 3. The van der Waals surface area contributed by atoms with Crippen molar-refractivity contribution in [3.05, 3.63) is 0 Å². The van der Waals surface area contributed by atoms with Crippen molar-refractivity contribution in [2.75, 3.05) is 11.6 Å². The Hall–Kier alpha value is -0.660. The minimum Gasteiger partial charge on any atom is -0.351 e. The Kier molecular flexibility index (Phi) is 4.13. The van der Waals surface area contributed by atoms with Crippen LogP contribution in [0.25, 0.3) is 0 Å². The second-order valence-electron chi connectivity index (χ2n) is 3.09. The maximum atomic E-state index is 11.5. The van der Waals surface area contributed by atoms with Crippen LogP contribution in [0.1, 0.15) is 13.3 Å². The number of amides is 1. The van der Waals surface area contributed by atoms with E-state index in [1.807, 2.05) is 6.92 Å². The molecule has 1 heterocycles. The smallest absolute Gasteiger partial charge is 0.238 e. The van der Waals surface area contributed by atoms with Crippen LogP contribution in [-0.2, 0) is 4.79 Å². The molecule has 1 aliphatic heterocycles. The first kappa shape index (κ1) is 10.4. The standard InChI is InChI=1S/C9H14N2OS/c1-3-4-7(2)11-9(12)8-5-13-6-10-8/h1,7-8,10H,4-6H2,2H3,(H,11,12). The fraction of sp³-hybridized carbons (Fsp3) is 0.667. The third kappa shape index (κ3) is 3.29. The molecule has 0 saturated carbocycles. The Labute approximate surface area is 83.0 Å². The van der Waals surface area contributed by atoms with Gasteiger partial charge in [0, 0.05) is 24.1 Å². The molecule has 1 aliphatic rings. The first-order valence-electron chi connectivity index (χ1n) is 4.29. The van der Waals surface area contributed by atoms with E-state index in [0.717, 1.165) is 11.6 Å². The highest BCUT2D eigenvalue weighted by molar-refractivity contribution is 7.99. The van der Waals surface area contributed by atoms with Gasteiger partial charge in [-0.05, 0) is 6.92 Å². The fourth-order valence-corrected chi connectivity index (χ4v) is 2.08. The number of carbonyl (C=O) groups excluding carboxylic acids is 1. The van der Waals surface area contributed by atoms with Gasteiger partial charge < -0.3 is 5.32 Å². The van der Waals surface area contributed by atoms with Crippen LogP contribution in [0.2, 0.25) is 0 Å². The fourth-order valence-electron chi connectivity index (χ4n) is 1.13. The van der Waals surface area contributed by atoms with Crippen molar-refractivity contribution in [1.29, 1.82) is 0 Å². The summed E-state index contributed by atoms with van der Waals surface area (Å²) in [6, 6.07) is 0.0372. The van der Waals surface area contributed by atoms with Gasteiger partial charge in [0.05, 0.1) is 6.04 Å². The summed E-state index contributed by atoms with van der Waals surface area (Å²) >= 11 is 1.74. The summed E-state index contributed by atoms with van der Waals surface area (Å²) < 4.78 is 0. The van der Waals surface area contributed by atoms with E-state index in [9.17, 15) is 4.79 Å². The molecule has 1 amide bonds. The quantitative estimate of drug-likeness (QED) is 0.636. The number of nitrogens with one attached hydrogen (secondary N) is 2. The monoisotopic (exact) mass is 198 g/mol. The van der Waals surface area contributed by atoms with Crippen molar-refractivity contribution in [1.82, 2.24) is 10.6 Å². The molecule has 2 atom stereocenters. The second kappa shape index (κ2) is 5.15. The molecule has 0 aromatic carbocycles. The summed E-state index contributed by atoms with van der Waals surface area (Å²) in [6.45, 7) is 1.92. The summed E-state index contributed by atoms with van der Waals surface area (Å²) in [5, 5.41) is 5.97. The van der Waals surface area contributed by atoms with E-state index in [4.69, 9.17) is 6.42 Å². The van der Waals surface area contributed by atoms with Gasteiger partial charge in [0.1, 0.15) is 0 Å². The van der Waals surface area contributed by atoms with Crippen molar-refractivity contribution in [2.24, 2.45) is 0 Å². The van der Waals surface area contributed by atoms with Gasteiger partial charge in [0.15, 0.2) is 0 Å². The zero-order chi connectivity index (χ0) is 9.68. The predicted octanol–water partition coefficient (Wildman–Crippen LogP) is 0.177. The van der Waals surface area contributed by atoms with Crippen molar-refractivity contribution >= 4 is 17.7 Å². The highest BCUT2D eigenvalue weighted by Gasteiger charge is 2.22. The van der Waals surface area contributed by atoms with Crippen LogP contribution in [0, 0.1) is 12.3 Å². The molecule has 0 aliphatic carbocycles. The maximum Gasteiger partial charge on any atom is 0.238 e. The van der Waals surface area contributed by atoms with Crippen LogP contribution < -0.4 is 10.6 Å². The van der Waals surface area contributed by atoms with E-state index in [2.05, 4.69) is 16.6 Å². The van der Waals surface area contributed by atoms with E-state index in [-0.39, 0.29) is 18.0 Å². The Bertz CT molecular complexity index is 218. The SMILES string of the molecule is C#CCC(C)NC(=O)C1CSCN1. The van der Waals surface area contributed by atoms with Crippen LogP contribution in [-0.4, -0.2) is 29.6 Å². The molecule has 2 N–H and O–H groups in total. The zero-order valence-electron chi connectivity index (χ0n) is 7.67. The van der Waals surface area contributed by atoms with E-state index in [0.29, 0.717) is 6.42 Å². The number of carbonyl (C=O) groups is 1. The molecule has 2 unspecified atom stereocenters. The van der Waals surface area contributed by atoms with Crippen LogP contribution >= 0.6 is 11.8 Å². The summed E-state index contributed by atoms with van der Waals surface area (Å²) in [5.74, 6) is 4.30. The molecular formula is C9H14N2OS. The molecule has 72 valence electrons. The predicted molar refractivity (Wildman–Crippen MR) is 55.3 cm³/mol. The number of thioether (sulfide) groups is 1. The highest BCUT2D eigenvalue weighted by Crippen LogP contribution is 2.09. The molecule has 0 aromatic rings. The Morgan fingerprint density at radius 2 is 2.69 bits per heavy atom. The lowest BCUT2D eigenvalue weighted by Crippen LogP contribution is -2.45. The first-order chi connectivity index (χ1) is 6.24. The second-order valence-corrected chi connectivity index (χ2v) is 4.12. The van der Waals surface area contributed by atoms with Crippen molar-refractivity contribution < 1.29 is 4.79 Å². The molecule has 1 rings (SSSR count). The van der Waals surface area contributed by atoms with Gasteiger partial charge >= 0.3 is 0 Å². The van der Waals surface area contributed by atoms with Gasteiger partial charge in [-0.15, -0.1) is 24.1 Å². The van der Waals surface area contributed by atoms with Crippen LogP contribution in [0.15, 0.2) is 0 Å². The van der Waals surface area contributed by atoms with E-state index in [1.54, 1.807) is 11.8 Å². The van der Waals surface area contributed by atoms with Gasteiger partial charge in [-0.2, -0.15) is 0 Å². The lowest BCUT2D eigenvalue weighted by Gasteiger charge is -2.14. The molecular weight excluding hydrogens is 184 g/mol. The Balaban J connectivity index is 2.28. The minimum atomic E-state index is -0.0368. The van der Waals surface area contributed by atoms with E-state index < -0.39 is 0 Å². The van der Waals surface area contributed by atoms with Gasteiger partial charge in [-0.3, -0.25) is 10.1 Å². The molecule has 0 aromatic heterocycles. The van der Waals surface area contributed by atoms with Gasteiger partial charge in [-0.1, -0.05) is 0 Å². The number of hydrogen-bond donors (Lipinski definition) is 2. The molecule has 4 heteroatoms. The Morgan fingerprint density at radius 1 is 1.92 bits per heavy atom. The zero-order valence-corrected chi connectivity index (χ0v) is 8.49. The topological polar surface area (TPSA) is 41.1 Å². The summed E-state index contributed by atoms with van der Waals surface area (Å²) in [5.41, 5.74) is 0. The van der Waals surface area contributed by atoms with Crippen LogP contribution in [0.5, 0.6) is 0 Å². The normalized spacial score (nSPS) is 23.5. The third-order valence-corrected chi connectivity index (χ3v) is 2.79. The number of rotatable bonds is 3. The van der Waals surface area contributed by atoms with Crippen LogP contribution in [0.4, 0.5) is 0 Å². The lowest BCUT2D eigenvalue weighted by atomic mass is 10.2. The molecule has 13 heavy (non-hydrogen) atoms. The number of terminal acetylenes is 1. The molecule has 0 radical (unpaired) electrons.